The molecule has 1 aromatic carbocycles. The maximum absolute atomic E-state index is 4.50. The minimum absolute atomic E-state index is 0. The lowest BCUT2D eigenvalue weighted by molar-refractivity contribution is 0.215. The standard InChI is InChI=1S/C21H28N4.HI/c1-3-17-16-25(14-12-20(17)18-9-5-4-6-10-18)21(22-2)24-15-19-11-7-8-13-23-19;/h4-11,13,17,20H,3,12,14-16H2,1-2H3,(H,22,24);1H. The van der Waals surface area contributed by atoms with Crippen LogP contribution in [0.3, 0.4) is 0 Å². The Balaban J connectivity index is 0.00000243. The highest BCUT2D eigenvalue weighted by Gasteiger charge is 2.30. The first-order valence-corrected chi connectivity index (χ1v) is 9.22. The number of halogens is 1. The molecule has 2 unspecified atom stereocenters. The smallest absolute Gasteiger partial charge is 0.193 e. The number of piperidine rings is 1. The average Bonchev–Trinajstić information content (AvgIpc) is 2.69. The average molecular weight is 464 g/mol. The number of hydrogen-bond acceptors (Lipinski definition) is 2. The Morgan fingerprint density at radius 1 is 1.19 bits per heavy atom. The van der Waals surface area contributed by atoms with Crippen LogP contribution in [0.15, 0.2) is 59.7 Å². The van der Waals surface area contributed by atoms with Gasteiger partial charge in [0.05, 0.1) is 12.2 Å². The van der Waals surface area contributed by atoms with Gasteiger partial charge in [-0.05, 0) is 36.0 Å². The van der Waals surface area contributed by atoms with E-state index in [0.29, 0.717) is 18.4 Å². The molecule has 1 aromatic heterocycles. The zero-order chi connectivity index (χ0) is 17.5. The molecule has 140 valence electrons. The molecule has 1 saturated heterocycles. The molecule has 3 rings (SSSR count). The zero-order valence-electron chi connectivity index (χ0n) is 15.6. The van der Waals surface area contributed by atoms with Crippen LogP contribution < -0.4 is 5.32 Å². The van der Waals surface area contributed by atoms with E-state index in [4.69, 9.17) is 0 Å². The van der Waals surface area contributed by atoms with Gasteiger partial charge in [0.15, 0.2) is 5.96 Å². The van der Waals surface area contributed by atoms with Crippen molar-refractivity contribution >= 4 is 29.9 Å². The second-order valence-corrected chi connectivity index (χ2v) is 6.64. The molecule has 0 radical (unpaired) electrons. The third-order valence-electron chi connectivity index (χ3n) is 5.15. The van der Waals surface area contributed by atoms with Crippen molar-refractivity contribution in [2.24, 2.45) is 10.9 Å². The molecular weight excluding hydrogens is 435 g/mol. The molecule has 0 amide bonds. The van der Waals surface area contributed by atoms with E-state index in [1.165, 1.54) is 18.4 Å². The summed E-state index contributed by atoms with van der Waals surface area (Å²) < 4.78 is 0. The van der Waals surface area contributed by atoms with Crippen molar-refractivity contribution in [1.82, 2.24) is 15.2 Å². The summed E-state index contributed by atoms with van der Waals surface area (Å²) in [7, 11) is 1.87. The summed E-state index contributed by atoms with van der Waals surface area (Å²) in [6.07, 6.45) is 4.19. The molecule has 2 atom stereocenters. The Kier molecular flexibility index (Phi) is 8.35. The molecule has 2 aromatic rings. The number of aliphatic imine (C=N–C) groups is 1. The highest BCUT2D eigenvalue weighted by Crippen LogP contribution is 2.34. The molecule has 1 aliphatic rings. The van der Waals surface area contributed by atoms with E-state index in [2.05, 4.69) is 57.4 Å². The SMILES string of the molecule is CCC1CN(C(=NC)NCc2ccccn2)CCC1c1ccccc1.I. The number of benzene rings is 1. The molecule has 1 N–H and O–H groups in total. The minimum atomic E-state index is 0. The predicted molar refractivity (Wildman–Crippen MR) is 119 cm³/mol. The molecule has 0 spiro atoms. The van der Waals surface area contributed by atoms with Crippen molar-refractivity contribution in [2.75, 3.05) is 20.1 Å². The van der Waals surface area contributed by atoms with E-state index in [0.717, 1.165) is 24.7 Å². The van der Waals surface area contributed by atoms with Gasteiger partial charge in [0.1, 0.15) is 0 Å². The topological polar surface area (TPSA) is 40.5 Å². The third kappa shape index (κ3) is 5.19. The Labute approximate surface area is 174 Å². The lowest BCUT2D eigenvalue weighted by atomic mass is 9.79. The second-order valence-electron chi connectivity index (χ2n) is 6.64. The van der Waals surface area contributed by atoms with E-state index in [9.17, 15) is 0 Å². The maximum Gasteiger partial charge on any atom is 0.193 e. The van der Waals surface area contributed by atoms with Crippen LogP contribution in [0.5, 0.6) is 0 Å². The summed E-state index contributed by atoms with van der Waals surface area (Å²) >= 11 is 0. The zero-order valence-corrected chi connectivity index (χ0v) is 18.0. The summed E-state index contributed by atoms with van der Waals surface area (Å²) in [6.45, 7) is 5.10. The van der Waals surface area contributed by atoms with Gasteiger partial charge in [0.2, 0.25) is 0 Å². The van der Waals surface area contributed by atoms with E-state index >= 15 is 0 Å². The molecule has 1 fully saturated rings. The fourth-order valence-electron chi connectivity index (χ4n) is 3.78. The molecule has 4 nitrogen and oxygen atoms in total. The fourth-order valence-corrected chi connectivity index (χ4v) is 3.78. The molecule has 1 aliphatic heterocycles. The van der Waals surface area contributed by atoms with Crippen LogP contribution >= 0.6 is 24.0 Å². The summed E-state index contributed by atoms with van der Waals surface area (Å²) in [5, 5.41) is 3.47. The van der Waals surface area contributed by atoms with Crippen molar-refractivity contribution in [3.05, 3.63) is 66.0 Å². The number of nitrogens with zero attached hydrogens (tertiary/aromatic N) is 3. The van der Waals surface area contributed by atoms with Gasteiger partial charge >= 0.3 is 0 Å². The van der Waals surface area contributed by atoms with Gasteiger partial charge in [0, 0.05) is 26.3 Å². The Morgan fingerprint density at radius 3 is 2.62 bits per heavy atom. The van der Waals surface area contributed by atoms with Crippen molar-refractivity contribution in [1.29, 1.82) is 0 Å². The number of hydrogen-bond donors (Lipinski definition) is 1. The molecule has 2 heterocycles. The van der Waals surface area contributed by atoms with Crippen LogP contribution in [0.2, 0.25) is 0 Å². The number of aromatic nitrogens is 1. The van der Waals surface area contributed by atoms with Gasteiger partial charge in [-0.3, -0.25) is 9.98 Å². The summed E-state index contributed by atoms with van der Waals surface area (Å²) in [4.78, 5) is 11.3. The highest BCUT2D eigenvalue weighted by molar-refractivity contribution is 14.0. The number of pyridine rings is 1. The summed E-state index contributed by atoms with van der Waals surface area (Å²) in [5.41, 5.74) is 2.51. The van der Waals surface area contributed by atoms with Gasteiger partial charge in [-0.1, -0.05) is 49.7 Å². The second kappa shape index (κ2) is 10.5. The Morgan fingerprint density at radius 2 is 1.96 bits per heavy atom. The van der Waals surface area contributed by atoms with Gasteiger partial charge in [0.25, 0.3) is 0 Å². The number of guanidine groups is 1. The summed E-state index contributed by atoms with van der Waals surface area (Å²) in [5.74, 6) is 2.29. The van der Waals surface area contributed by atoms with Crippen molar-refractivity contribution in [2.45, 2.75) is 32.2 Å². The summed E-state index contributed by atoms with van der Waals surface area (Å²) in [6, 6.07) is 17.0. The van der Waals surface area contributed by atoms with Crippen molar-refractivity contribution in [3.8, 4) is 0 Å². The Bertz CT molecular complexity index is 675. The van der Waals surface area contributed by atoms with E-state index < -0.39 is 0 Å². The van der Waals surface area contributed by atoms with Gasteiger partial charge < -0.3 is 10.2 Å². The highest BCUT2D eigenvalue weighted by atomic mass is 127. The first-order valence-electron chi connectivity index (χ1n) is 9.22. The first-order chi connectivity index (χ1) is 12.3. The van der Waals surface area contributed by atoms with Crippen molar-refractivity contribution < 1.29 is 0 Å². The van der Waals surface area contributed by atoms with Crippen LogP contribution in [0.4, 0.5) is 0 Å². The quantitative estimate of drug-likeness (QED) is 0.417. The van der Waals surface area contributed by atoms with Gasteiger partial charge in [-0.15, -0.1) is 24.0 Å². The third-order valence-corrected chi connectivity index (χ3v) is 5.15. The lowest BCUT2D eigenvalue weighted by Crippen LogP contribution is -2.48. The van der Waals surface area contributed by atoms with Crippen LogP contribution in [-0.4, -0.2) is 36.0 Å². The lowest BCUT2D eigenvalue weighted by Gasteiger charge is -2.40. The number of nitrogens with one attached hydrogen (secondary N) is 1. The number of rotatable bonds is 4. The molecule has 26 heavy (non-hydrogen) atoms. The Hall–Kier alpha value is -1.63. The van der Waals surface area contributed by atoms with E-state index in [-0.39, 0.29) is 24.0 Å². The molecule has 0 saturated carbocycles. The van der Waals surface area contributed by atoms with Crippen LogP contribution in [0.1, 0.15) is 36.9 Å². The van der Waals surface area contributed by atoms with Gasteiger partial charge in [-0.2, -0.15) is 0 Å². The monoisotopic (exact) mass is 464 g/mol. The van der Waals surface area contributed by atoms with E-state index in [1.807, 2.05) is 31.4 Å². The van der Waals surface area contributed by atoms with Gasteiger partial charge in [-0.25, -0.2) is 0 Å². The predicted octanol–water partition coefficient (Wildman–Crippen LogP) is 4.29. The maximum atomic E-state index is 4.50. The van der Waals surface area contributed by atoms with Crippen LogP contribution in [0.25, 0.3) is 0 Å². The van der Waals surface area contributed by atoms with Crippen LogP contribution in [0, 0.1) is 5.92 Å². The molecule has 0 aliphatic carbocycles. The largest absolute Gasteiger partial charge is 0.351 e. The van der Waals surface area contributed by atoms with E-state index in [1.54, 1.807) is 0 Å². The molecular formula is C21H29IN4. The molecule has 0 bridgehead atoms. The van der Waals surface area contributed by atoms with Crippen LogP contribution in [-0.2, 0) is 6.54 Å². The number of likely N-dealkylation sites (tertiary alicyclic amines) is 1. The fraction of sp³-hybridized carbons (Fsp3) is 0.429. The van der Waals surface area contributed by atoms with Crippen molar-refractivity contribution in [3.63, 3.8) is 0 Å². The molecule has 5 heteroatoms. The normalized spacial score (nSPS) is 20.4. The minimum Gasteiger partial charge on any atom is -0.351 e. The first kappa shape index (κ1) is 20.7.